The van der Waals surface area contributed by atoms with Gasteiger partial charge in [0.25, 0.3) is 0 Å². The van der Waals surface area contributed by atoms with Crippen LogP contribution in [0.25, 0.3) is 0 Å². The van der Waals surface area contributed by atoms with Crippen molar-refractivity contribution in [2.45, 2.75) is 0 Å². The van der Waals surface area contributed by atoms with Crippen LogP contribution in [-0.4, -0.2) is 18.3 Å². The van der Waals surface area contributed by atoms with Crippen molar-refractivity contribution >= 4 is 0 Å². The Kier molecular flexibility index (Phi) is 5.11. The summed E-state index contributed by atoms with van der Waals surface area (Å²) in [6, 6.07) is 0. The molecule has 0 aromatic rings. The topological polar surface area (TPSA) is 63.6 Å². The fourth-order valence-electron chi connectivity index (χ4n) is 0.129. The van der Waals surface area contributed by atoms with E-state index in [1.807, 2.05) is 0 Å². The number of aliphatic hydroxyl groups is 1. The monoisotopic (exact) mass is 331 g/mol. The van der Waals surface area contributed by atoms with Crippen molar-refractivity contribution in [1.82, 2.24) is 0 Å². The summed E-state index contributed by atoms with van der Waals surface area (Å²) in [7, 11) is 0. The van der Waals surface area contributed by atoms with Gasteiger partial charge in [-0.3, -0.25) is 0 Å². The van der Waals surface area contributed by atoms with E-state index < -0.39 is 26.6 Å². The first kappa shape index (κ1) is 7.57. The molecule has 0 aromatic carbocycles. The molecule has 0 bridgehead atoms. The Morgan fingerprint density at radius 1 is 1.57 bits per heavy atom. The maximum atomic E-state index is 9.62. The van der Waals surface area contributed by atoms with Crippen LogP contribution in [0.2, 0.25) is 0 Å². The first-order chi connectivity index (χ1) is 3.27. The zero-order valence-electron chi connectivity index (χ0n) is 3.59. The molecule has 0 atom stereocenters. The molecule has 0 saturated carbocycles. The molecule has 0 aliphatic rings. The Hall–Kier alpha value is 0.572. The summed E-state index contributed by atoms with van der Waals surface area (Å²) < 4.78 is 23.3. The molecule has 7 heavy (non-hydrogen) atoms. The molecule has 0 spiro atoms. The molecular formula is C2H5O4U. The van der Waals surface area contributed by atoms with Gasteiger partial charge in [-0.1, -0.05) is 0 Å². The van der Waals surface area contributed by atoms with Crippen LogP contribution in [0.15, 0.2) is 0 Å². The van der Waals surface area contributed by atoms with Crippen molar-refractivity contribution in [3.05, 3.63) is 0 Å². The molecule has 0 aliphatic heterocycles. The van der Waals surface area contributed by atoms with E-state index in [0.717, 1.165) is 0 Å². The number of aliphatic hydroxyl groups excluding tert-OH is 1. The Bertz CT molecular complexity index is 87.9. The second-order valence-electron chi connectivity index (χ2n) is 0.822. The third kappa shape index (κ3) is 6.57. The summed E-state index contributed by atoms with van der Waals surface area (Å²) >= 11 is -4.01. The fraction of sp³-hybridized carbons (Fsp3) is 1.00. The second-order valence-corrected chi connectivity index (χ2v) is 4.11. The summed E-state index contributed by atoms with van der Waals surface area (Å²) in [6.45, 7) is -0.291. The van der Waals surface area contributed by atoms with Crippen molar-refractivity contribution < 1.29 is 38.4 Å². The van der Waals surface area contributed by atoms with Crippen molar-refractivity contribution in [3.8, 4) is 0 Å². The van der Waals surface area contributed by atoms with Crippen LogP contribution in [0, 0.1) is 26.6 Å². The molecule has 0 heterocycles. The zero-order valence-corrected chi connectivity index (χ0v) is 7.75. The Morgan fingerprint density at radius 2 is 2.14 bits per heavy atom. The standard InChI is InChI=1S/C2H5O2.2O.U/c3-1-2-4;;;/h3H,1-2H2;;;/q-1;;;+1. The van der Waals surface area contributed by atoms with E-state index in [2.05, 4.69) is 2.24 Å². The van der Waals surface area contributed by atoms with Gasteiger partial charge in [-0.2, -0.15) is 0 Å². The van der Waals surface area contributed by atoms with Gasteiger partial charge in [-0.25, -0.2) is 0 Å². The number of rotatable bonds is 3. The molecule has 0 unspecified atom stereocenters. The molecule has 0 aromatic heterocycles. The average molecular weight is 331 g/mol. The van der Waals surface area contributed by atoms with Gasteiger partial charge in [0, 0.05) is 0 Å². The molecule has 5 heteroatoms. The first-order valence-corrected chi connectivity index (χ1v) is 6.82. The summed E-state index contributed by atoms with van der Waals surface area (Å²) in [4.78, 5) is 0. The number of hydrogen-bond donors (Lipinski definition) is 1. The van der Waals surface area contributed by atoms with Crippen molar-refractivity contribution in [3.63, 3.8) is 0 Å². The minimum atomic E-state index is -4.01. The minimum absolute atomic E-state index is 0.0700. The van der Waals surface area contributed by atoms with Crippen LogP contribution in [-0.2, 0) is 6.71 Å². The van der Waals surface area contributed by atoms with Gasteiger partial charge in [0.15, 0.2) is 0 Å². The maximum absolute atomic E-state index is 9.62. The zero-order chi connectivity index (χ0) is 5.70. The quantitative estimate of drug-likeness (QED) is 0.737. The van der Waals surface area contributed by atoms with E-state index in [9.17, 15) is 4.47 Å². The normalized spacial score (nSPS) is 8.71. The summed E-state index contributed by atoms with van der Waals surface area (Å²) in [5.74, 6) is 0. The van der Waals surface area contributed by atoms with E-state index in [0.29, 0.717) is 0 Å². The van der Waals surface area contributed by atoms with Gasteiger partial charge in [-0.15, -0.1) is 0 Å². The fourth-order valence-corrected chi connectivity index (χ4v) is 1.20. The molecule has 0 saturated heterocycles. The molecule has 0 amide bonds. The van der Waals surface area contributed by atoms with Gasteiger partial charge in [0.1, 0.15) is 0 Å². The second kappa shape index (κ2) is 4.72. The average Bonchev–Trinajstić information content (AvgIpc) is 1.61. The predicted octanol–water partition coefficient (Wildman–Crippen LogP) is -0.778. The van der Waals surface area contributed by atoms with Gasteiger partial charge in [0.05, 0.1) is 0 Å². The molecule has 41 valence electrons. The van der Waals surface area contributed by atoms with Crippen molar-refractivity contribution in [2.24, 2.45) is 0 Å². The summed E-state index contributed by atoms with van der Waals surface area (Å²) in [5, 5.41) is 7.95. The molecule has 0 rings (SSSR count). The third-order valence-electron chi connectivity index (χ3n) is 0.311. The van der Waals surface area contributed by atoms with E-state index in [1.165, 1.54) is 0 Å². The van der Waals surface area contributed by atoms with Gasteiger partial charge < -0.3 is 0 Å². The van der Waals surface area contributed by atoms with Gasteiger partial charge in [0.2, 0.25) is 0 Å². The summed E-state index contributed by atoms with van der Waals surface area (Å²) in [6.07, 6.45) is 0. The molecular weight excluding hydrogens is 326 g/mol. The Balaban J connectivity index is 2.98. The van der Waals surface area contributed by atoms with E-state index >= 15 is 0 Å². The Labute approximate surface area is 51.7 Å². The molecule has 1 N–H and O–H groups in total. The van der Waals surface area contributed by atoms with Crippen molar-refractivity contribution in [1.29, 1.82) is 0 Å². The van der Waals surface area contributed by atoms with Gasteiger partial charge >= 0.3 is 51.7 Å². The molecule has 0 radical (unpaired) electrons. The van der Waals surface area contributed by atoms with E-state index in [4.69, 9.17) is 5.11 Å². The predicted molar refractivity (Wildman–Crippen MR) is 14.4 cm³/mol. The molecule has 4 nitrogen and oxygen atoms in total. The van der Waals surface area contributed by atoms with Crippen LogP contribution in [0.5, 0.6) is 0 Å². The summed E-state index contributed by atoms with van der Waals surface area (Å²) in [5.41, 5.74) is 0. The van der Waals surface area contributed by atoms with Crippen LogP contribution >= 0.6 is 0 Å². The third-order valence-corrected chi connectivity index (χ3v) is 2.14. The van der Waals surface area contributed by atoms with Crippen LogP contribution in [0.3, 0.4) is 0 Å². The van der Waals surface area contributed by atoms with E-state index in [1.54, 1.807) is 0 Å². The molecule has 0 fully saturated rings. The van der Waals surface area contributed by atoms with Crippen LogP contribution in [0.1, 0.15) is 0 Å². The van der Waals surface area contributed by atoms with Gasteiger partial charge in [-0.05, 0) is 0 Å². The first-order valence-electron chi connectivity index (χ1n) is 1.72. The van der Waals surface area contributed by atoms with Crippen molar-refractivity contribution in [2.75, 3.05) is 13.2 Å². The van der Waals surface area contributed by atoms with Crippen LogP contribution in [0.4, 0.5) is 0 Å². The molecule has 0 aliphatic carbocycles. The Morgan fingerprint density at radius 3 is 2.29 bits per heavy atom. The SMILES string of the molecule is [O]=[U](=[O])[O]CCO. The van der Waals surface area contributed by atoms with E-state index in [-0.39, 0.29) is 13.2 Å². The van der Waals surface area contributed by atoms with Crippen LogP contribution < -0.4 is 0 Å². The number of hydrogen-bond acceptors (Lipinski definition) is 4.